The highest BCUT2D eigenvalue weighted by molar-refractivity contribution is 6.31. The number of hydrogen-bond acceptors (Lipinski definition) is 1. The van der Waals surface area contributed by atoms with E-state index in [-0.39, 0.29) is 6.03 Å². The van der Waals surface area contributed by atoms with Gasteiger partial charge in [-0.2, -0.15) is 0 Å². The Kier molecular flexibility index (Phi) is 3.79. The summed E-state index contributed by atoms with van der Waals surface area (Å²) in [5.41, 5.74) is 2.08. The van der Waals surface area contributed by atoms with Gasteiger partial charge in [-0.05, 0) is 73.6 Å². The fraction of sp³-hybridized carbons (Fsp3) is 0.632. The zero-order valence-electron chi connectivity index (χ0n) is 13.9. The summed E-state index contributed by atoms with van der Waals surface area (Å²) in [7, 11) is 0. The number of anilines is 1. The molecule has 5 rings (SSSR count). The van der Waals surface area contributed by atoms with Gasteiger partial charge in [-0.25, -0.2) is 4.79 Å². The molecule has 1 N–H and O–H groups in total. The number of amides is 2. The number of urea groups is 1. The molecule has 124 valence electrons. The van der Waals surface area contributed by atoms with Crippen LogP contribution in [0.1, 0.15) is 57.4 Å². The number of nitrogens with zero attached hydrogens (tertiary/aromatic N) is 1. The number of hydrogen-bond donors (Lipinski definition) is 1. The lowest BCUT2D eigenvalue weighted by Gasteiger charge is -2.54. The van der Waals surface area contributed by atoms with Crippen LogP contribution in [-0.4, -0.2) is 23.0 Å². The summed E-state index contributed by atoms with van der Waals surface area (Å²) in [5.74, 6) is 1.99. The fourth-order valence-corrected chi connectivity index (χ4v) is 4.96. The van der Waals surface area contributed by atoms with Crippen molar-refractivity contribution < 1.29 is 4.79 Å². The van der Waals surface area contributed by atoms with Crippen LogP contribution in [0.3, 0.4) is 0 Å². The molecule has 2 saturated carbocycles. The third-order valence-electron chi connectivity index (χ3n) is 6.18. The Morgan fingerprint density at radius 3 is 2.52 bits per heavy atom. The summed E-state index contributed by atoms with van der Waals surface area (Å²) in [5, 5.41) is 3.93. The van der Waals surface area contributed by atoms with Gasteiger partial charge in [0.05, 0.1) is 0 Å². The normalized spacial score (nSPS) is 35.3. The van der Waals surface area contributed by atoms with E-state index in [4.69, 9.17) is 11.6 Å². The Balaban J connectivity index is 1.47. The zero-order chi connectivity index (χ0) is 16.1. The van der Waals surface area contributed by atoms with Gasteiger partial charge in [0.25, 0.3) is 0 Å². The highest BCUT2D eigenvalue weighted by Gasteiger charge is 2.46. The smallest absolute Gasteiger partial charge is 0.318 e. The number of piperidine rings is 1. The van der Waals surface area contributed by atoms with Gasteiger partial charge in [0, 0.05) is 22.8 Å². The molecule has 0 spiro atoms. The van der Waals surface area contributed by atoms with Crippen LogP contribution < -0.4 is 5.32 Å². The third-order valence-corrected chi connectivity index (χ3v) is 6.53. The monoisotopic (exact) mass is 332 g/mol. The Morgan fingerprint density at radius 2 is 1.91 bits per heavy atom. The SMILES string of the molecule is CC1CC2CC(C1)N2C(=O)Nc1ccc(Cl)c(C2CCC2C)c1. The molecular formula is C19H25ClN2O. The van der Waals surface area contributed by atoms with Crippen LogP contribution in [0.2, 0.25) is 5.02 Å². The van der Waals surface area contributed by atoms with E-state index in [2.05, 4.69) is 30.1 Å². The van der Waals surface area contributed by atoms with Crippen molar-refractivity contribution in [2.45, 2.75) is 64.0 Å². The molecule has 2 saturated heterocycles. The van der Waals surface area contributed by atoms with Gasteiger partial charge in [0.1, 0.15) is 0 Å². The van der Waals surface area contributed by atoms with Crippen LogP contribution in [0, 0.1) is 11.8 Å². The molecule has 4 heteroatoms. The molecule has 4 fully saturated rings. The Bertz CT molecular complexity index is 620. The van der Waals surface area contributed by atoms with Gasteiger partial charge in [-0.1, -0.05) is 25.4 Å². The first-order valence-corrected chi connectivity index (χ1v) is 9.29. The van der Waals surface area contributed by atoms with Crippen molar-refractivity contribution >= 4 is 23.3 Å². The Labute approximate surface area is 143 Å². The summed E-state index contributed by atoms with van der Waals surface area (Å²) in [4.78, 5) is 14.7. The van der Waals surface area contributed by atoms with Crippen LogP contribution in [0.15, 0.2) is 18.2 Å². The first-order valence-electron chi connectivity index (χ1n) is 8.91. The number of nitrogens with one attached hydrogen (secondary N) is 1. The topological polar surface area (TPSA) is 32.3 Å². The lowest BCUT2D eigenvalue weighted by atomic mass is 9.71. The van der Waals surface area contributed by atoms with Crippen LogP contribution in [0.5, 0.6) is 0 Å². The average Bonchev–Trinajstić information content (AvgIpc) is 2.48. The molecule has 3 nitrogen and oxygen atoms in total. The van der Waals surface area contributed by atoms with Gasteiger partial charge < -0.3 is 10.2 Å². The molecule has 4 atom stereocenters. The quantitative estimate of drug-likeness (QED) is 0.787. The number of carbonyl (C=O) groups is 1. The lowest BCUT2D eigenvalue weighted by molar-refractivity contribution is -0.00601. The predicted molar refractivity (Wildman–Crippen MR) is 94.0 cm³/mol. The van der Waals surface area contributed by atoms with Crippen molar-refractivity contribution in [2.24, 2.45) is 11.8 Å². The molecule has 0 radical (unpaired) electrons. The molecule has 4 unspecified atom stereocenters. The maximum absolute atomic E-state index is 12.6. The van der Waals surface area contributed by atoms with E-state index >= 15 is 0 Å². The van der Waals surface area contributed by atoms with Gasteiger partial charge >= 0.3 is 6.03 Å². The minimum Gasteiger partial charge on any atom is -0.318 e. The molecule has 23 heavy (non-hydrogen) atoms. The highest BCUT2D eigenvalue weighted by Crippen LogP contribution is 2.45. The first-order chi connectivity index (χ1) is 11.0. The number of benzene rings is 1. The van der Waals surface area contributed by atoms with E-state index in [9.17, 15) is 4.79 Å². The van der Waals surface area contributed by atoms with Crippen LogP contribution in [-0.2, 0) is 0 Å². The Morgan fingerprint density at radius 1 is 1.17 bits per heavy atom. The number of fused-ring (bicyclic) bond motifs is 2. The molecule has 1 aromatic carbocycles. The second-order valence-electron chi connectivity index (χ2n) is 7.85. The zero-order valence-corrected chi connectivity index (χ0v) is 14.6. The third kappa shape index (κ3) is 2.63. The van der Waals surface area contributed by atoms with Gasteiger partial charge in [0.2, 0.25) is 0 Å². The van der Waals surface area contributed by atoms with Crippen LogP contribution in [0.4, 0.5) is 10.5 Å². The molecule has 2 heterocycles. The van der Waals surface area contributed by atoms with Crippen molar-refractivity contribution in [3.8, 4) is 0 Å². The van der Waals surface area contributed by atoms with Crippen LogP contribution in [0.25, 0.3) is 0 Å². The summed E-state index contributed by atoms with van der Waals surface area (Å²) < 4.78 is 0. The number of halogens is 1. The Hall–Kier alpha value is -1.22. The second-order valence-corrected chi connectivity index (χ2v) is 8.26. The van der Waals surface area contributed by atoms with E-state index in [0.29, 0.717) is 23.9 Å². The van der Waals surface area contributed by atoms with Gasteiger partial charge in [-0.3, -0.25) is 0 Å². The van der Waals surface area contributed by atoms with Gasteiger partial charge in [0.15, 0.2) is 0 Å². The maximum atomic E-state index is 12.6. The largest absolute Gasteiger partial charge is 0.322 e. The fourth-order valence-electron chi connectivity index (χ4n) is 4.70. The van der Waals surface area contributed by atoms with Crippen molar-refractivity contribution in [1.82, 2.24) is 4.90 Å². The molecular weight excluding hydrogens is 308 g/mol. The summed E-state index contributed by atoms with van der Waals surface area (Å²) >= 11 is 6.38. The van der Waals surface area contributed by atoms with E-state index in [1.165, 1.54) is 24.8 Å². The molecule has 2 bridgehead atoms. The highest BCUT2D eigenvalue weighted by atomic mass is 35.5. The van der Waals surface area contributed by atoms with Crippen molar-refractivity contribution in [3.05, 3.63) is 28.8 Å². The molecule has 1 aromatic rings. The molecule has 2 amide bonds. The summed E-state index contributed by atoms with van der Waals surface area (Å²) in [6.07, 6.45) is 5.95. The predicted octanol–water partition coefficient (Wildman–Crippen LogP) is 5.26. The maximum Gasteiger partial charge on any atom is 0.322 e. The minimum absolute atomic E-state index is 0.0630. The minimum atomic E-state index is 0.0630. The summed E-state index contributed by atoms with van der Waals surface area (Å²) in [6, 6.07) is 6.89. The van der Waals surface area contributed by atoms with E-state index in [1.807, 2.05) is 12.1 Å². The molecule has 4 aliphatic rings. The van der Waals surface area contributed by atoms with Gasteiger partial charge in [-0.15, -0.1) is 0 Å². The van der Waals surface area contributed by atoms with Crippen LogP contribution >= 0.6 is 11.6 Å². The number of rotatable bonds is 2. The van der Waals surface area contributed by atoms with E-state index in [1.54, 1.807) is 0 Å². The first kappa shape index (κ1) is 15.3. The molecule has 2 aliphatic carbocycles. The van der Waals surface area contributed by atoms with E-state index in [0.717, 1.165) is 29.5 Å². The molecule has 2 aliphatic heterocycles. The molecule has 0 aromatic heterocycles. The lowest BCUT2D eigenvalue weighted by Crippen LogP contribution is -2.63. The van der Waals surface area contributed by atoms with E-state index < -0.39 is 0 Å². The van der Waals surface area contributed by atoms with Crippen molar-refractivity contribution in [2.75, 3.05) is 5.32 Å². The second kappa shape index (κ2) is 5.70. The summed E-state index contributed by atoms with van der Waals surface area (Å²) in [6.45, 7) is 4.57. The van der Waals surface area contributed by atoms with Crippen molar-refractivity contribution in [1.29, 1.82) is 0 Å². The van der Waals surface area contributed by atoms with Crippen molar-refractivity contribution in [3.63, 3.8) is 0 Å². The average molecular weight is 333 g/mol. The standard InChI is InChI=1S/C19H25ClN2O/c1-11-7-14-10-15(8-11)22(14)19(23)21-13-4-6-18(20)17(9-13)16-5-3-12(16)2/h4,6,9,11-12,14-16H,3,5,7-8,10H2,1-2H3,(H,21,23). The number of carbonyl (C=O) groups excluding carboxylic acids is 1.